The Bertz CT molecular complexity index is 1010. The molecule has 4 N–H and O–H groups in total. The van der Waals surface area contributed by atoms with Crippen LogP contribution in [-0.2, 0) is 16.6 Å². The highest BCUT2D eigenvalue weighted by Gasteiger charge is 2.28. The maximum atomic E-state index is 11.8. The number of likely N-dealkylation sites (N-methyl/N-ethyl adjacent to an activating group) is 1. The lowest BCUT2D eigenvalue weighted by molar-refractivity contribution is 0.170. The summed E-state index contributed by atoms with van der Waals surface area (Å²) in [5.74, 6) is 0.873. The Morgan fingerprint density at radius 1 is 1.18 bits per heavy atom. The predicted molar refractivity (Wildman–Crippen MR) is 114 cm³/mol. The van der Waals surface area contributed by atoms with Gasteiger partial charge in [0, 0.05) is 31.7 Å². The van der Waals surface area contributed by atoms with Gasteiger partial charge in [-0.15, -0.1) is 11.3 Å². The lowest BCUT2D eigenvalue weighted by atomic mass is 10.1. The Labute approximate surface area is 169 Å². The Morgan fingerprint density at radius 3 is 2.57 bits per heavy atom. The van der Waals surface area contributed by atoms with Crippen LogP contribution in [0.3, 0.4) is 0 Å². The van der Waals surface area contributed by atoms with Crippen molar-refractivity contribution in [1.82, 2.24) is 9.80 Å². The van der Waals surface area contributed by atoms with E-state index < -0.39 is 10.0 Å². The first-order chi connectivity index (χ1) is 13.3. The second-order valence-corrected chi connectivity index (χ2v) is 10.0. The van der Waals surface area contributed by atoms with Crippen molar-refractivity contribution in [2.75, 3.05) is 50.4 Å². The molecule has 28 heavy (non-hydrogen) atoms. The zero-order valence-electron chi connectivity index (χ0n) is 15.7. The van der Waals surface area contributed by atoms with Crippen LogP contribution in [0, 0.1) is 0 Å². The molecule has 10 heteroatoms. The molecule has 150 valence electrons. The van der Waals surface area contributed by atoms with Crippen molar-refractivity contribution in [2.24, 2.45) is 10.1 Å². The number of hydrogen-bond acceptors (Lipinski definition) is 8. The Morgan fingerprint density at radius 2 is 1.89 bits per heavy atom. The highest BCUT2D eigenvalue weighted by molar-refractivity contribution is 7.91. The number of primary sulfonamides is 1. The van der Waals surface area contributed by atoms with Gasteiger partial charge < -0.3 is 15.5 Å². The molecule has 0 bridgehead atoms. The molecule has 2 aromatic rings. The highest BCUT2D eigenvalue weighted by Crippen LogP contribution is 2.39. The normalized spacial score (nSPS) is 18.8. The van der Waals surface area contributed by atoms with E-state index in [4.69, 9.17) is 15.9 Å². The number of nitrogens with two attached hydrogens (primary N) is 2. The largest absolute Gasteiger partial charge is 0.397 e. The molecule has 1 fully saturated rings. The van der Waals surface area contributed by atoms with Crippen molar-refractivity contribution in [3.63, 3.8) is 0 Å². The summed E-state index contributed by atoms with van der Waals surface area (Å²) in [5.41, 5.74) is 8.62. The van der Waals surface area contributed by atoms with E-state index in [1.807, 2.05) is 24.3 Å². The molecular formula is C18H24N6O2S2. The Balaban J connectivity index is 1.70. The molecule has 8 nitrogen and oxygen atoms in total. The van der Waals surface area contributed by atoms with Crippen molar-refractivity contribution >= 4 is 43.6 Å². The number of benzene rings is 1. The number of aliphatic imine (C=N–C) groups is 1. The molecule has 2 aliphatic rings. The standard InChI is InChI=1S/C18H24N6O2S2/c1-22-6-8-23(9-7-22)12-16-21-18-13(10-17(27-18)28(20,25)26)11-24(16)15-5-3-2-4-14(15)19/h2-5,10H,6-9,11-12,19H2,1H3,(H2,20,25,26). The van der Waals surface area contributed by atoms with Crippen molar-refractivity contribution in [3.05, 3.63) is 35.9 Å². The van der Waals surface area contributed by atoms with Gasteiger partial charge >= 0.3 is 0 Å². The van der Waals surface area contributed by atoms with Gasteiger partial charge in [0.25, 0.3) is 0 Å². The first-order valence-electron chi connectivity index (χ1n) is 9.07. The van der Waals surface area contributed by atoms with Crippen molar-refractivity contribution in [3.8, 4) is 0 Å². The number of nitrogens with zero attached hydrogens (tertiary/aromatic N) is 4. The third kappa shape index (κ3) is 3.91. The topological polar surface area (TPSA) is 108 Å². The average molecular weight is 421 g/mol. The number of sulfonamides is 1. The predicted octanol–water partition coefficient (Wildman–Crippen LogP) is 1.28. The molecule has 4 rings (SSSR count). The minimum atomic E-state index is -3.75. The maximum absolute atomic E-state index is 11.8. The minimum absolute atomic E-state index is 0.142. The smallest absolute Gasteiger partial charge is 0.247 e. The number of hydrogen-bond donors (Lipinski definition) is 2. The molecular weight excluding hydrogens is 396 g/mol. The first kappa shape index (κ1) is 19.3. The molecule has 0 atom stereocenters. The maximum Gasteiger partial charge on any atom is 0.247 e. The lowest BCUT2D eigenvalue weighted by Gasteiger charge is -2.36. The Kier molecular flexibility index (Phi) is 5.15. The van der Waals surface area contributed by atoms with Gasteiger partial charge in [-0.05, 0) is 25.2 Å². The van der Waals surface area contributed by atoms with E-state index in [0.717, 1.165) is 54.6 Å². The van der Waals surface area contributed by atoms with Crippen LogP contribution in [-0.4, -0.2) is 63.8 Å². The first-order valence-corrected chi connectivity index (χ1v) is 11.4. The van der Waals surface area contributed by atoms with Crippen LogP contribution in [0.4, 0.5) is 16.4 Å². The average Bonchev–Trinajstić information content (AvgIpc) is 3.07. The number of fused-ring (bicyclic) bond motifs is 1. The zero-order chi connectivity index (χ0) is 19.9. The molecule has 0 amide bonds. The van der Waals surface area contributed by atoms with Crippen molar-refractivity contribution in [2.45, 2.75) is 10.8 Å². The monoisotopic (exact) mass is 420 g/mol. The molecule has 0 saturated carbocycles. The van der Waals surface area contributed by atoms with E-state index in [9.17, 15) is 8.42 Å². The Hall–Kier alpha value is -1.98. The number of nitrogen functional groups attached to an aromatic ring is 1. The van der Waals surface area contributed by atoms with Crippen molar-refractivity contribution in [1.29, 1.82) is 0 Å². The van der Waals surface area contributed by atoms with Crippen LogP contribution >= 0.6 is 11.3 Å². The summed E-state index contributed by atoms with van der Waals surface area (Å²) in [6.45, 7) is 5.16. The quantitative estimate of drug-likeness (QED) is 0.721. The summed E-state index contributed by atoms with van der Waals surface area (Å²) < 4.78 is 23.7. The van der Waals surface area contributed by atoms with Crippen LogP contribution in [0.15, 0.2) is 39.5 Å². The van der Waals surface area contributed by atoms with Gasteiger partial charge in [-0.2, -0.15) is 0 Å². The van der Waals surface area contributed by atoms with Gasteiger partial charge in [0.1, 0.15) is 15.0 Å². The summed E-state index contributed by atoms with van der Waals surface area (Å²) in [6.07, 6.45) is 0. The van der Waals surface area contributed by atoms with Gasteiger partial charge in [-0.25, -0.2) is 18.5 Å². The molecule has 1 saturated heterocycles. The fraction of sp³-hybridized carbons (Fsp3) is 0.389. The van der Waals surface area contributed by atoms with E-state index in [1.165, 1.54) is 0 Å². The fourth-order valence-electron chi connectivity index (χ4n) is 3.47. The molecule has 1 aromatic carbocycles. The van der Waals surface area contributed by atoms with Gasteiger partial charge in [-0.1, -0.05) is 12.1 Å². The summed E-state index contributed by atoms with van der Waals surface area (Å²) >= 11 is 1.12. The number of piperazine rings is 1. The van der Waals surface area contributed by atoms with Crippen LogP contribution in [0.2, 0.25) is 0 Å². The summed E-state index contributed by atoms with van der Waals surface area (Å²) in [6, 6.07) is 9.29. The van der Waals surface area contributed by atoms with E-state index in [1.54, 1.807) is 6.07 Å². The number of para-hydroxylation sites is 2. The summed E-state index contributed by atoms with van der Waals surface area (Å²) in [7, 11) is -1.62. The molecule has 0 aliphatic carbocycles. The van der Waals surface area contributed by atoms with E-state index >= 15 is 0 Å². The SMILES string of the molecule is CN1CCN(CC2=Nc3sc(S(N)(=O)=O)cc3CN2c2ccccc2N)CC1. The van der Waals surface area contributed by atoms with Gasteiger partial charge in [0.15, 0.2) is 0 Å². The third-order valence-corrected chi connectivity index (χ3v) is 7.60. The van der Waals surface area contributed by atoms with Gasteiger partial charge in [-0.3, -0.25) is 4.90 Å². The molecule has 2 aliphatic heterocycles. The van der Waals surface area contributed by atoms with Gasteiger partial charge in [0.05, 0.1) is 24.5 Å². The van der Waals surface area contributed by atoms with Crippen LogP contribution < -0.4 is 15.8 Å². The van der Waals surface area contributed by atoms with E-state index in [0.29, 0.717) is 23.8 Å². The molecule has 1 aromatic heterocycles. The van der Waals surface area contributed by atoms with Gasteiger partial charge in [0.2, 0.25) is 10.0 Å². The lowest BCUT2D eigenvalue weighted by Crippen LogP contribution is -2.49. The number of amidine groups is 1. The zero-order valence-corrected chi connectivity index (χ0v) is 17.3. The molecule has 0 radical (unpaired) electrons. The van der Waals surface area contributed by atoms with Crippen LogP contribution in [0.25, 0.3) is 0 Å². The molecule has 0 spiro atoms. The molecule has 3 heterocycles. The number of rotatable bonds is 4. The summed E-state index contributed by atoms with van der Waals surface area (Å²) in [4.78, 5) is 11.6. The molecule has 0 unspecified atom stereocenters. The number of anilines is 2. The third-order valence-electron chi connectivity index (χ3n) is 5.10. The van der Waals surface area contributed by atoms with E-state index in [-0.39, 0.29) is 4.21 Å². The summed E-state index contributed by atoms with van der Waals surface area (Å²) in [5, 5.41) is 6.03. The minimum Gasteiger partial charge on any atom is -0.397 e. The second-order valence-electron chi connectivity index (χ2n) is 7.19. The van der Waals surface area contributed by atoms with Crippen LogP contribution in [0.5, 0.6) is 0 Å². The van der Waals surface area contributed by atoms with Crippen LogP contribution in [0.1, 0.15) is 5.56 Å². The number of thiophene rings is 1. The highest BCUT2D eigenvalue weighted by atomic mass is 32.2. The van der Waals surface area contributed by atoms with Crippen molar-refractivity contribution < 1.29 is 8.42 Å². The second kappa shape index (κ2) is 7.45. The van der Waals surface area contributed by atoms with E-state index in [2.05, 4.69) is 21.7 Å². The fourth-order valence-corrected chi connectivity index (χ4v) is 5.27.